The summed E-state index contributed by atoms with van der Waals surface area (Å²) in [7, 11) is 0. The number of aliphatic hydroxyl groups excluding tert-OH is 1. The fraction of sp³-hybridized carbons (Fsp3) is 0.450. The van der Waals surface area contributed by atoms with E-state index in [1.807, 2.05) is 0 Å². The number of aliphatic carboxylic acids is 2. The number of hydrogen-bond donors (Lipinski definition) is 9. The highest BCUT2D eigenvalue weighted by molar-refractivity contribution is 5.94. The molecule has 2 rings (SSSR count). The third-order valence-electron chi connectivity index (χ3n) is 5.02. The number of hydrogen-bond acceptors (Lipinski definition) is 9. The van der Waals surface area contributed by atoms with Gasteiger partial charge in [0.05, 0.1) is 25.3 Å². The molecule has 36 heavy (non-hydrogen) atoms. The maximum absolute atomic E-state index is 12.8. The zero-order valence-electron chi connectivity index (χ0n) is 19.0. The van der Waals surface area contributed by atoms with Crippen molar-refractivity contribution < 1.29 is 39.3 Å². The highest BCUT2D eigenvalue weighted by Gasteiger charge is 2.30. The Balaban J connectivity index is 2.04. The van der Waals surface area contributed by atoms with Gasteiger partial charge in [0, 0.05) is 43.0 Å². The monoisotopic (exact) mass is 508 g/mol. The predicted octanol–water partition coefficient (Wildman–Crippen LogP) is -3.36. The summed E-state index contributed by atoms with van der Waals surface area (Å²) in [6, 6.07) is -5.47. The summed E-state index contributed by atoms with van der Waals surface area (Å²) in [4.78, 5) is 73.5. The molecule has 0 saturated heterocycles. The molecule has 2 aromatic heterocycles. The number of carboxylic acids is 2. The van der Waals surface area contributed by atoms with E-state index in [9.17, 15) is 34.2 Å². The Kier molecular flexibility index (Phi) is 10.5. The largest absolute Gasteiger partial charge is 0.481 e. The molecule has 0 spiro atoms. The van der Waals surface area contributed by atoms with Crippen molar-refractivity contribution in [1.29, 1.82) is 0 Å². The van der Waals surface area contributed by atoms with Gasteiger partial charge in [-0.1, -0.05) is 0 Å². The third-order valence-corrected chi connectivity index (χ3v) is 5.02. The van der Waals surface area contributed by atoms with Crippen LogP contribution in [0.5, 0.6) is 0 Å². The number of imidazole rings is 2. The summed E-state index contributed by atoms with van der Waals surface area (Å²) in [5.74, 6) is -5.35. The van der Waals surface area contributed by atoms with Gasteiger partial charge in [0.15, 0.2) is 0 Å². The van der Waals surface area contributed by atoms with E-state index in [0.29, 0.717) is 11.4 Å². The SMILES string of the molecule is NC(Cc1cnc[nH]1)C(=O)NC(CO)C(=O)NC(CCC(=O)O)C(=O)NC(Cc1cnc[nH]1)C(=O)O. The van der Waals surface area contributed by atoms with Gasteiger partial charge in [0.1, 0.15) is 18.1 Å². The second-order valence-electron chi connectivity index (χ2n) is 7.81. The summed E-state index contributed by atoms with van der Waals surface area (Å²) < 4.78 is 0. The van der Waals surface area contributed by atoms with Crippen molar-refractivity contribution in [2.45, 2.75) is 49.9 Å². The summed E-state index contributed by atoms with van der Waals surface area (Å²) in [5, 5.41) is 34.8. The van der Waals surface area contributed by atoms with Crippen LogP contribution in [0.4, 0.5) is 0 Å². The number of nitrogens with two attached hydrogens (primary N) is 1. The molecule has 4 unspecified atom stereocenters. The molecule has 0 saturated carbocycles. The number of carbonyl (C=O) groups excluding carboxylic acids is 3. The van der Waals surface area contributed by atoms with Crippen LogP contribution in [0.25, 0.3) is 0 Å². The van der Waals surface area contributed by atoms with E-state index in [2.05, 4.69) is 35.9 Å². The molecule has 2 aromatic rings. The zero-order valence-corrected chi connectivity index (χ0v) is 19.0. The van der Waals surface area contributed by atoms with Gasteiger partial charge in [-0.25, -0.2) is 14.8 Å². The van der Waals surface area contributed by atoms with E-state index in [1.54, 1.807) is 0 Å². The molecular weight excluding hydrogens is 480 g/mol. The molecule has 0 fully saturated rings. The van der Waals surface area contributed by atoms with E-state index >= 15 is 0 Å². The van der Waals surface area contributed by atoms with E-state index in [1.165, 1.54) is 25.0 Å². The summed E-state index contributed by atoms with van der Waals surface area (Å²) >= 11 is 0. The van der Waals surface area contributed by atoms with Gasteiger partial charge in [-0.3, -0.25) is 19.2 Å². The Morgan fingerprint density at radius 3 is 1.86 bits per heavy atom. The minimum absolute atomic E-state index is 0.0716. The number of nitrogens with one attached hydrogen (secondary N) is 5. The number of carbonyl (C=O) groups is 5. The van der Waals surface area contributed by atoms with Crippen LogP contribution in [0.3, 0.4) is 0 Å². The fourth-order valence-corrected chi connectivity index (χ4v) is 3.10. The molecule has 10 N–H and O–H groups in total. The highest BCUT2D eigenvalue weighted by Crippen LogP contribution is 2.04. The molecule has 3 amide bonds. The standard InChI is InChI=1S/C20H28N8O8/c21-12(3-10-5-22-8-24-10)17(32)28-15(7-29)19(34)26-13(1-2-16(30)31)18(33)27-14(20(35)36)4-11-6-23-9-25-11/h5-6,8-9,12-15,29H,1-4,7,21H2,(H,22,24)(H,23,25)(H,26,34)(H,27,33)(H,28,32)(H,30,31)(H,35,36). The fourth-order valence-electron chi connectivity index (χ4n) is 3.10. The maximum Gasteiger partial charge on any atom is 0.326 e. The Morgan fingerprint density at radius 2 is 1.36 bits per heavy atom. The molecule has 0 aliphatic rings. The van der Waals surface area contributed by atoms with Crippen LogP contribution in [-0.2, 0) is 36.8 Å². The molecule has 4 atom stereocenters. The molecule has 0 aromatic carbocycles. The van der Waals surface area contributed by atoms with Gasteiger partial charge in [0.2, 0.25) is 17.7 Å². The second kappa shape index (κ2) is 13.5. The van der Waals surface area contributed by atoms with Crippen LogP contribution in [0, 0.1) is 0 Å². The lowest BCUT2D eigenvalue weighted by atomic mass is 10.1. The second-order valence-corrected chi connectivity index (χ2v) is 7.81. The van der Waals surface area contributed by atoms with Crippen molar-refractivity contribution in [2.75, 3.05) is 6.61 Å². The Hall–Kier alpha value is -4.31. The molecule has 0 radical (unpaired) electrons. The normalized spacial score (nSPS) is 14.2. The number of amides is 3. The first-order valence-electron chi connectivity index (χ1n) is 10.8. The zero-order chi connectivity index (χ0) is 26.7. The van der Waals surface area contributed by atoms with Crippen LogP contribution in [0.15, 0.2) is 25.0 Å². The average molecular weight is 508 g/mol. The minimum atomic E-state index is -1.51. The first-order valence-corrected chi connectivity index (χ1v) is 10.8. The lowest BCUT2D eigenvalue weighted by Gasteiger charge is -2.24. The Morgan fingerprint density at radius 1 is 0.833 bits per heavy atom. The van der Waals surface area contributed by atoms with Gasteiger partial charge in [-0.2, -0.15) is 0 Å². The molecule has 2 heterocycles. The first kappa shape index (κ1) is 27.9. The Bertz CT molecular complexity index is 1030. The molecule has 16 nitrogen and oxygen atoms in total. The number of aromatic amines is 2. The van der Waals surface area contributed by atoms with Crippen molar-refractivity contribution >= 4 is 29.7 Å². The molecule has 0 aliphatic carbocycles. The minimum Gasteiger partial charge on any atom is -0.481 e. The van der Waals surface area contributed by atoms with Gasteiger partial charge in [-0.15, -0.1) is 0 Å². The number of carboxylic acid groups (broad SMARTS) is 2. The lowest BCUT2D eigenvalue weighted by Crippen LogP contribution is -2.58. The van der Waals surface area contributed by atoms with Crippen molar-refractivity contribution in [1.82, 2.24) is 35.9 Å². The van der Waals surface area contributed by atoms with E-state index in [0.717, 1.165) is 0 Å². The van der Waals surface area contributed by atoms with Crippen LogP contribution in [-0.4, -0.2) is 95.7 Å². The van der Waals surface area contributed by atoms with E-state index in [4.69, 9.17) is 10.8 Å². The quantitative estimate of drug-likeness (QED) is 0.115. The Labute approximate surface area is 204 Å². The number of H-pyrrole nitrogens is 2. The number of aliphatic hydroxyl groups is 1. The number of nitrogens with zero attached hydrogens (tertiary/aromatic N) is 2. The number of rotatable bonds is 15. The summed E-state index contributed by atoms with van der Waals surface area (Å²) in [6.45, 7) is -0.848. The van der Waals surface area contributed by atoms with Gasteiger partial charge in [0.25, 0.3) is 0 Å². The lowest BCUT2D eigenvalue weighted by molar-refractivity contribution is -0.143. The van der Waals surface area contributed by atoms with Gasteiger partial charge < -0.3 is 47.0 Å². The first-order chi connectivity index (χ1) is 17.1. The topological polar surface area (TPSA) is 266 Å². The van der Waals surface area contributed by atoms with E-state index in [-0.39, 0.29) is 19.3 Å². The molecule has 16 heteroatoms. The van der Waals surface area contributed by atoms with Crippen molar-refractivity contribution in [3.05, 3.63) is 36.4 Å². The summed E-state index contributed by atoms with van der Waals surface area (Å²) in [6.07, 6.45) is 4.58. The van der Waals surface area contributed by atoms with Crippen LogP contribution >= 0.6 is 0 Å². The molecule has 0 bridgehead atoms. The van der Waals surface area contributed by atoms with Crippen molar-refractivity contribution in [3.63, 3.8) is 0 Å². The van der Waals surface area contributed by atoms with E-state index < -0.39 is 66.9 Å². The van der Waals surface area contributed by atoms with Crippen LogP contribution in [0.2, 0.25) is 0 Å². The predicted molar refractivity (Wildman–Crippen MR) is 120 cm³/mol. The summed E-state index contributed by atoms with van der Waals surface area (Å²) in [5.41, 5.74) is 6.80. The van der Waals surface area contributed by atoms with Crippen LogP contribution in [0.1, 0.15) is 24.2 Å². The molecule has 196 valence electrons. The van der Waals surface area contributed by atoms with Gasteiger partial charge >= 0.3 is 11.9 Å². The smallest absolute Gasteiger partial charge is 0.326 e. The highest BCUT2D eigenvalue weighted by atomic mass is 16.4. The molecular formula is C20H28N8O8. The van der Waals surface area contributed by atoms with Crippen molar-refractivity contribution in [2.24, 2.45) is 5.73 Å². The third kappa shape index (κ3) is 8.80. The molecule has 0 aliphatic heterocycles. The average Bonchev–Trinajstić information content (AvgIpc) is 3.53. The van der Waals surface area contributed by atoms with Gasteiger partial charge in [-0.05, 0) is 6.42 Å². The van der Waals surface area contributed by atoms with Crippen molar-refractivity contribution in [3.8, 4) is 0 Å². The maximum atomic E-state index is 12.8. The van der Waals surface area contributed by atoms with Crippen LogP contribution < -0.4 is 21.7 Å². The number of aromatic nitrogens is 4.